The highest BCUT2D eigenvalue weighted by atomic mass is 16.6. The molecule has 1 saturated heterocycles. The zero-order chi connectivity index (χ0) is 21.0. The normalized spacial score (nSPS) is 24.8. The van der Waals surface area contributed by atoms with Crippen molar-refractivity contribution in [2.24, 2.45) is 5.92 Å². The van der Waals surface area contributed by atoms with Gasteiger partial charge in [0.2, 0.25) is 0 Å². The molecule has 156 valence electrons. The maximum absolute atomic E-state index is 12.7. The summed E-state index contributed by atoms with van der Waals surface area (Å²) in [5.74, 6) is -1.01. The Morgan fingerprint density at radius 2 is 1.90 bits per heavy atom. The lowest BCUT2D eigenvalue weighted by atomic mass is 9.77. The molecular weight excluding hydrogens is 378 g/mol. The number of carbonyl (C=O) groups is 4. The zero-order valence-corrected chi connectivity index (χ0v) is 16.5. The summed E-state index contributed by atoms with van der Waals surface area (Å²) >= 11 is 0. The van der Waals surface area contributed by atoms with Gasteiger partial charge in [0.05, 0.1) is 0 Å². The van der Waals surface area contributed by atoms with E-state index in [9.17, 15) is 19.2 Å². The minimum Gasteiger partial charge on any atom is -0.479 e. The van der Waals surface area contributed by atoms with Crippen molar-refractivity contribution < 1.29 is 28.7 Å². The molecule has 0 aromatic heterocycles. The second-order valence-electron chi connectivity index (χ2n) is 7.55. The van der Waals surface area contributed by atoms with Crippen molar-refractivity contribution in [2.45, 2.75) is 51.2 Å². The highest BCUT2D eigenvalue weighted by Gasteiger charge is 2.52. The molecule has 9 heteroatoms. The van der Waals surface area contributed by atoms with E-state index in [-0.39, 0.29) is 0 Å². The summed E-state index contributed by atoms with van der Waals surface area (Å²) in [6.07, 6.45) is 1.80. The van der Waals surface area contributed by atoms with Crippen LogP contribution in [0.5, 0.6) is 5.75 Å². The Balaban J connectivity index is 1.48. The molecule has 0 radical (unpaired) electrons. The maximum atomic E-state index is 12.7. The van der Waals surface area contributed by atoms with Crippen LogP contribution in [0.2, 0.25) is 0 Å². The summed E-state index contributed by atoms with van der Waals surface area (Å²) in [7, 11) is 0. The van der Waals surface area contributed by atoms with Crippen LogP contribution in [0.3, 0.4) is 0 Å². The Hall–Kier alpha value is -3.10. The van der Waals surface area contributed by atoms with Crippen LogP contribution in [0.15, 0.2) is 30.3 Å². The van der Waals surface area contributed by atoms with Crippen molar-refractivity contribution in [1.82, 2.24) is 15.8 Å². The molecule has 1 saturated carbocycles. The van der Waals surface area contributed by atoms with Gasteiger partial charge in [0.25, 0.3) is 11.8 Å². The topological polar surface area (TPSA) is 114 Å². The van der Waals surface area contributed by atoms with E-state index in [4.69, 9.17) is 9.47 Å². The lowest BCUT2D eigenvalue weighted by Gasteiger charge is -2.33. The number of hydrogen-bond donors (Lipinski definition) is 2. The van der Waals surface area contributed by atoms with E-state index in [0.29, 0.717) is 29.5 Å². The monoisotopic (exact) mass is 403 g/mol. The van der Waals surface area contributed by atoms with Gasteiger partial charge in [-0.2, -0.15) is 5.01 Å². The highest BCUT2D eigenvalue weighted by Crippen LogP contribution is 2.35. The third-order valence-corrected chi connectivity index (χ3v) is 5.26. The van der Waals surface area contributed by atoms with Gasteiger partial charge in [0.15, 0.2) is 12.7 Å². The zero-order valence-electron chi connectivity index (χ0n) is 16.5. The first-order chi connectivity index (χ1) is 13.8. The molecule has 4 amide bonds. The minimum atomic E-state index is -0.953. The van der Waals surface area contributed by atoms with Gasteiger partial charge in [-0.1, -0.05) is 25.1 Å². The molecule has 2 aliphatic rings. The summed E-state index contributed by atoms with van der Waals surface area (Å²) in [5.41, 5.74) is 1.27. The Morgan fingerprint density at radius 3 is 2.55 bits per heavy atom. The largest absolute Gasteiger partial charge is 0.479 e. The number of carbonyl (C=O) groups excluding carboxylic acids is 4. The molecular formula is C20H25N3O6. The standard InChI is InChI=1S/C20H25N3O6/c1-13-8-10-20(11-9-13)18(26)23(19(27)21-20)22-16(24)12-28-17(25)14(2)29-15-6-4-3-5-7-15/h3-7,13-14H,8-12H2,1-2H3,(H,21,27)(H,22,24)/t13?,14-,20?/m1/s1. The smallest absolute Gasteiger partial charge is 0.347 e. The summed E-state index contributed by atoms with van der Waals surface area (Å²) < 4.78 is 10.3. The number of amides is 4. The number of urea groups is 1. The van der Waals surface area contributed by atoms with Crippen molar-refractivity contribution in [2.75, 3.05) is 6.61 Å². The SMILES string of the molecule is CC1CCC2(CC1)NC(=O)N(NC(=O)COC(=O)[C@@H](C)Oc1ccccc1)C2=O. The van der Waals surface area contributed by atoms with E-state index < -0.39 is 42.1 Å². The van der Waals surface area contributed by atoms with Crippen LogP contribution in [-0.2, 0) is 19.1 Å². The lowest BCUT2D eigenvalue weighted by molar-refractivity contribution is -0.156. The minimum absolute atomic E-state index is 0.477. The number of nitrogens with one attached hydrogen (secondary N) is 2. The molecule has 1 spiro atoms. The van der Waals surface area contributed by atoms with Gasteiger partial charge in [0, 0.05) is 0 Å². The Labute approximate surface area is 168 Å². The number of esters is 1. The van der Waals surface area contributed by atoms with E-state index >= 15 is 0 Å². The maximum Gasteiger partial charge on any atom is 0.347 e. The molecule has 0 bridgehead atoms. The highest BCUT2D eigenvalue weighted by molar-refractivity contribution is 6.08. The van der Waals surface area contributed by atoms with Crippen LogP contribution >= 0.6 is 0 Å². The average Bonchev–Trinajstić information content (AvgIpc) is 2.93. The van der Waals surface area contributed by atoms with Crippen LogP contribution in [0.1, 0.15) is 39.5 Å². The molecule has 1 aliphatic carbocycles. The van der Waals surface area contributed by atoms with E-state index in [1.807, 2.05) is 6.07 Å². The third kappa shape index (κ3) is 4.67. The van der Waals surface area contributed by atoms with Gasteiger partial charge in [-0.25, -0.2) is 9.59 Å². The second-order valence-corrected chi connectivity index (χ2v) is 7.55. The van der Waals surface area contributed by atoms with Crippen molar-refractivity contribution in [3.05, 3.63) is 30.3 Å². The van der Waals surface area contributed by atoms with Gasteiger partial charge in [-0.15, -0.1) is 0 Å². The number of imide groups is 1. The molecule has 2 N–H and O–H groups in total. The quantitative estimate of drug-likeness (QED) is 0.550. The van der Waals surface area contributed by atoms with Crippen molar-refractivity contribution in [1.29, 1.82) is 0 Å². The van der Waals surface area contributed by atoms with Crippen LogP contribution in [0.25, 0.3) is 0 Å². The third-order valence-electron chi connectivity index (χ3n) is 5.26. The fourth-order valence-electron chi connectivity index (χ4n) is 3.48. The van der Waals surface area contributed by atoms with Gasteiger partial charge < -0.3 is 14.8 Å². The fraction of sp³-hybridized carbons (Fsp3) is 0.500. The summed E-state index contributed by atoms with van der Waals surface area (Å²) in [6, 6.07) is 8.04. The number of hydrogen-bond acceptors (Lipinski definition) is 6. The van der Waals surface area contributed by atoms with E-state index in [1.165, 1.54) is 6.92 Å². The predicted octanol–water partition coefficient (Wildman–Crippen LogP) is 1.53. The number of para-hydroxylation sites is 1. The van der Waals surface area contributed by atoms with Gasteiger partial charge in [-0.3, -0.25) is 15.0 Å². The molecule has 1 aliphatic heterocycles. The molecule has 1 heterocycles. The van der Waals surface area contributed by atoms with Crippen molar-refractivity contribution in [3.63, 3.8) is 0 Å². The predicted molar refractivity (Wildman–Crippen MR) is 101 cm³/mol. The van der Waals surface area contributed by atoms with E-state index in [2.05, 4.69) is 17.7 Å². The first-order valence-corrected chi connectivity index (χ1v) is 9.65. The average molecular weight is 403 g/mol. The Kier molecular flexibility index (Phi) is 6.05. The van der Waals surface area contributed by atoms with Crippen LogP contribution in [0.4, 0.5) is 4.79 Å². The molecule has 9 nitrogen and oxygen atoms in total. The molecule has 0 unspecified atom stereocenters. The van der Waals surface area contributed by atoms with E-state index in [0.717, 1.165) is 12.8 Å². The van der Waals surface area contributed by atoms with Crippen molar-refractivity contribution in [3.8, 4) is 5.75 Å². The molecule has 29 heavy (non-hydrogen) atoms. The van der Waals surface area contributed by atoms with Crippen molar-refractivity contribution >= 4 is 23.8 Å². The number of hydrazine groups is 1. The lowest BCUT2D eigenvalue weighted by Crippen LogP contribution is -2.52. The number of nitrogens with zero attached hydrogens (tertiary/aromatic N) is 1. The Bertz CT molecular complexity index is 789. The fourth-order valence-corrected chi connectivity index (χ4v) is 3.48. The molecule has 3 rings (SSSR count). The molecule has 1 atom stereocenters. The second kappa shape index (κ2) is 8.50. The van der Waals surface area contributed by atoms with Crippen LogP contribution < -0.4 is 15.5 Å². The summed E-state index contributed by atoms with van der Waals surface area (Å²) in [6.45, 7) is 2.96. The van der Waals surface area contributed by atoms with Gasteiger partial charge in [-0.05, 0) is 50.7 Å². The van der Waals surface area contributed by atoms with Gasteiger partial charge in [0.1, 0.15) is 11.3 Å². The number of rotatable bonds is 6. The van der Waals surface area contributed by atoms with Crippen LogP contribution in [-0.4, -0.2) is 47.1 Å². The number of ether oxygens (including phenoxy) is 2. The first kappa shape index (κ1) is 20.6. The van der Waals surface area contributed by atoms with Crippen LogP contribution in [0, 0.1) is 5.92 Å². The van der Waals surface area contributed by atoms with E-state index in [1.54, 1.807) is 24.3 Å². The molecule has 2 fully saturated rings. The number of benzene rings is 1. The summed E-state index contributed by atoms with van der Waals surface area (Å²) in [4.78, 5) is 49.0. The molecule has 1 aromatic carbocycles. The van der Waals surface area contributed by atoms with Gasteiger partial charge >= 0.3 is 12.0 Å². The Morgan fingerprint density at radius 1 is 1.24 bits per heavy atom. The first-order valence-electron chi connectivity index (χ1n) is 9.65. The summed E-state index contributed by atoms with van der Waals surface area (Å²) in [5, 5.41) is 3.38. The molecule has 1 aromatic rings.